The first-order chi connectivity index (χ1) is 11.1. The number of carbonyl (C=O) groups is 1. The van der Waals surface area contributed by atoms with Crippen LogP contribution in [0.2, 0.25) is 0 Å². The molecule has 1 fully saturated rings. The van der Waals surface area contributed by atoms with Gasteiger partial charge in [-0.2, -0.15) is 0 Å². The monoisotopic (exact) mass is 322 g/mol. The minimum atomic E-state index is 0.0288. The molecule has 1 amide bonds. The summed E-state index contributed by atoms with van der Waals surface area (Å²) in [6.45, 7) is 0.501. The van der Waals surface area contributed by atoms with Crippen molar-refractivity contribution in [2.45, 2.75) is 31.7 Å². The van der Waals surface area contributed by atoms with Gasteiger partial charge in [0.1, 0.15) is 0 Å². The lowest BCUT2D eigenvalue weighted by molar-refractivity contribution is -0.121. The first-order valence-electron chi connectivity index (χ1n) is 7.91. The summed E-state index contributed by atoms with van der Waals surface area (Å²) in [7, 11) is 4.73. The van der Waals surface area contributed by atoms with E-state index in [-0.39, 0.29) is 11.9 Å². The van der Waals surface area contributed by atoms with Crippen LogP contribution in [-0.2, 0) is 11.2 Å². The van der Waals surface area contributed by atoms with Gasteiger partial charge in [-0.15, -0.1) is 0 Å². The Morgan fingerprint density at radius 1 is 1.22 bits per heavy atom. The van der Waals surface area contributed by atoms with Crippen molar-refractivity contribution in [2.24, 2.45) is 11.7 Å². The second kappa shape index (κ2) is 8.06. The normalized spacial score (nSPS) is 15.0. The Hall–Kier alpha value is -1.95. The molecule has 23 heavy (non-hydrogen) atoms. The molecule has 1 aliphatic carbocycles. The van der Waals surface area contributed by atoms with Crippen LogP contribution in [0.4, 0.5) is 0 Å². The second-order valence-electron chi connectivity index (χ2n) is 5.78. The number of nitrogens with one attached hydrogen (secondary N) is 1. The van der Waals surface area contributed by atoms with Crippen molar-refractivity contribution < 1.29 is 19.0 Å². The van der Waals surface area contributed by atoms with Crippen LogP contribution in [-0.4, -0.2) is 39.8 Å². The van der Waals surface area contributed by atoms with Crippen molar-refractivity contribution >= 4 is 5.91 Å². The lowest BCUT2D eigenvalue weighted by Crippen LogP contribution is -2.41. The molecular weight excluding hydrogens is 296 g/mol. The summed E-state index contributed by atoms with van der Waals surface area (Å²) in [5, 5.41) is 3.03. The number of ether oxygens (including phenoxy) is 3. The number of nitrogens with two attached hydrogens (primary N) is 1. The van der Waals surface area contributed by atoms with E-state index in [9.17, 15) is 4.79 Å². The predicted octanol–water partition coefficient (Wildman–Crippen LogP) is 1.50. The Labute approximate surface area is 137 Å². The molecule has 0 spiro atoms. The van der Waals surface area contributed by atoms with E-state index in [4.69, 9.17) is 19.9 Å². The highest BCUT2D eigenvalue weighted by atomic mass is 16.5. The minimum absolute atomic E-state index is 0.0288. The Morgan fingerprint density at radius 3 is 2.26 bits per heavy atom. The van der Waals surface area contributed by atoms with E-state index in [1.807, 2.05) is 12.1 Å². The smallest absolute Gasteiger partial charge is 0.220 e. The van der Waals surface area contributed by atoms with Crippen LogP contribution >= 0.6 is 0 Å². The lowest BCUT2D eigenvalue weighted by atomic mass is 10.1. The summed E-state index contributed by atoms with van der Waals surface area (Å²) in [4.78, 5) is 12.1. The molecule has 0 radical (unpaired) electrons. The van der Waals surface area contributed by atoms with E-state index in [2.05, 4.69) is 5.32 Å². The Balaban J connectivity index is 1.98. The molecule has 128 valence electrons. The standard InChI is InChI=1S/C17H26N2O4/c1-21-14-8-11(9-15(22-2)17(14)23-3)4-7-16(20)19-13(10-18)12-5-6-12/h8-9,12-13H,4-7,10,18H2,1-3H3,(H,19,20). The Kier molecular flexibility index (Phi) is 6.10. The average molecular weight is 322 g/mol. The number of hydrogen-bond acceptors (Lipinski definition) is 5. The van der Waals surface area contributed by atoms with Crippen LogP contribution in [0.5, 0.6) is 17.2 Å². The lowest BCUT2D eigenvalue weighted by Gasteiger charge is -2.16. The maximum atomic E-state index is 12.1. The maximum absolute atomic E-state index is 12.1. The highest BCUT2D eigenvalue weighted by molar-refractivity contribution is 5.76. The molecule has 1 saturated carbocycles. The van der Waals surface area contributed by atoms with Crippen molar-refractivity contribution in [3.63, 3.8) is 0 Å². The molecular formula is C17H26N2O4. The molecule has 1 unspecified atom stereocenters. The van der Waals surface area contributed by atoms with Crippen LogP contribution in [0.15, 0.2) is 12.1 Å². The molecule has 0 aliphatic heterocycles. The average Bonchev–Trinajstić information content (AvgIpc) is 3.41. The fraction of sp³-hybridized carbons (Fsp3) is 0.588. The van der Waals surface area contributed by atoms with Crippen LogP contribution in [0.1, 0.15) is 24.8 Å². The zero-order valence-corrected chi connectivity index (χ0v) is 14.1. The van der Waals surface area contributed by atoms with E-state index < -0.39 is 0 Å². The Morgan fingerprint density at radius 2 is 1.83 bits per heavy atom. The van der Waals surface area contributed by atoms with Crippen molar-refractivity contribution in [3.05, 3.63) is 17.7 Å². The quantitative estimate of drug-likeness (QED) is 0.720. The molecule has 1 aromatic rings. The predicted molar refractivity (Wildman–Crippen MR) is 88.1 cm³/mol. The molecule has 0 saturated heterocycles. The molecule has 1 atom stereocenters. The summed E-state index contributed by atoms with van der Waals surface area (Å²) in [6.07, 6.45) is 3.33. The summed E-state index contributed by atoms with van der Waals surface area (Å²) < 4.78 is 15.9. The fourth-order valence-corrected chi connectivity index (χ4v) is 2.68. The molecule has 1 aliphatic rings. The summed E-state index contributed by atoms with van der Waals surface area (Å²) >= 11 is 0. The van der Waals surface area contributed by atoms with E-state index in [1.54, 1.807) is 21.3 Å². The zero-order valence-electron chi connectivity index (χ0n) is 14.1. The molecule has 0 aromatic heterocycles. The van der Waals surface area contributed by atoms with Gasteiger partial charge in [0.2, 0.25) is 11.7 Å². The topological polar surface area (TPSA) is 82.8 Å². The van der Waals surface area contributed by atoms with Gasteiger partial charge < -0.3 is 25.3 Å². The second-order valence-corrected chi connectivity index (χ2v) is 5.78. The fourth-order valence-electron chi connectivity index (χ4n) is 2.68. The van der Waals surface area contributed by atoms with Gasteiger partial charge in [0.15, 0.2) is 11.5 Å². The number of rotatable bonds is 9. The third-order valence-electron chi connectivity index (χ3n) is 4.16. The number of aryl methyl sites for hydroxylation is 1. The first-order valence-corrected chi connectivity index (χ1v) is 7.91. The van der Waals surface area contributed by atoms with E-state index in [0.717, 1.165) is 18.4 Å². The van der Waals surface area contributed by atoms with Gasteiger partial charge in [-0.1, -0.05) is 0 Å². The summed E-state index contributed by atoms with van der Waals surface area (Å²) in [6, 6.07) is 3.86. The van der Waals surface area contributed by atoms with Gasteiger partial charge in [0.25, 0.3) is 0 Å². The highest BCUT2D eigenvalue weighted by Crippen LogP contribution is 2.38. The zero-order chi connectivity index (χ0) is 16.8. The van der Waals surface area contributed by atoms with Gasteiger partial charge >= 0.3 is 0 Å². The Bertz CT molecular complexity index is 518. The SMILES string of the molecule is COc1cc(CCC(=O)NC(CN)C2CC2)cc(OC)c1OC. The van der Waals surface area contributed by atoms with Crippen LogP contribution in [0.25, 0.3) is 0 Å². The largest absolute Gasteiger partial charge is 0.493 e. The summed E-state index contributed by atoms with van der Waals surface area (Å²) in [5.74, 6) is 2.34. The van der Waals surface area contributed by atoms with Crippen molar-refractivity contribution in [2.75, 3.05) is 27.9 Å². The molecule has 6 heteroatoms. The van der Waals surface area contributed by atoms with Gasteiger partial charge in [0.05, 0.1) is 21.3 Å². The summed E-state index contributed by atoms with van der Waals surface area (Å²) in [5.41, 5.74) is 6.68. The van der Waals surface area contributed by atoms with Crippen molar-refractivity contribution in [3.8, 4) is 17.2 Å². The minimum Gasteiger partial charge on any atom is -0.493 e. The number of benzene rings is 1. The van der Waals surface area contributed by atoms with Crippen molar-refractivity contribution in [1.29, 1.82) is 0 Å². The van der Waals surface area contributed by atoms with Gasteiger partial charge in [0, 0.05) is 19.0 Å². The van der Waals surface area contributed by atoms with Gasteiger partial charge in [-0.05, 0) is 42.9 Å². The number of amides is 1. The molecule has 2 rings (SSSR count). The highest BCUT2D eigenvalue weighted by Gasteiger charge is 2.31. The van der Waals surface area contributed by atoms with E-state index in [0.29, 0.717) is 42.6 Å². The third-order valence-corrected chi connectivity index (χ3v) is 4.16. The van der Waals surface area contributed by atoms with Crippen LogP contribution < -0.4 is 25.3 Å². The number of carbonyl (C=O) groups excluding carboxylic acids is 1. The number of methoxy groups -OCH3 is 3. The van der Waals surface area contributed by atoms with Crippen molar-refractivity contribution in [1.82, 2.24) is 5.32 Å². The van der Waals surface area contributed by atoms with Gasteiger partial charge in [-0.3, -0.25) is 4.79 Å². The number of hydrogen-bond donors (Lipinski definition) is 2. The maximum Gasteiger partial charge on any atom is 0.220 e. The van der Waals surface area contributed by atoms with E-state index in [1.165, 1.54) is 0 Å². The van der Waals surface area contributed by atoms with E-state index >= 15 is 0 Å². The molecule has 0 heterocycles. The van der Waals surface area contributed by atoms with Crippen LogP contribution in [0, 0.1) is 5.92 Å². The molecule has 6 nitrogen and oxygen atoms in total. The first kappa shape index (κ1) is 17.4. The molecule has 3 N–H and O–H groups in total. The van der Waals surface area contributed by atoms with Gasteiger partial charge in [-0.25, -0.2) is 0 Å². The van der Waals surface area contributed by atoms with Crippen LogP contribution in [0.3, 0.4) is 0 Å². The molecule has 1 aromatic carbocycles. The third kappa shape index (κ3) is 4.51. The molecule has 0 bridgehead atoms.